The van der Waals surface area contributed by atoms with Gasteiger partial charge in [0.25, 0.3) is 0 Å². The molecule has 3 heteroatoms. The fourth-order valence-corrected chi connectivity index (χ4v) is 3.09. The van der Waals surface area contributed by atoms with Crippen LogP contribution in [0.2, 0.25) is 0 Å². The average molecular weight is 329 g/mol. The first-order valence-corrected chi connectivity index (χ1v) is 9.98. The van der Waals surface area contributed by atoms with Crippen molar-refractivity contribution in [1.29, 1.82) is 0 Å². The molecule has 0 unspecified atom stereocenters. The number of nitrogens with one attached hydrogen (secondary N) is 2. The van der Waals surface area contributed by atoms with Crippen LogP contribution in [0, 0.1) is 5.92 Å². The Bertz CT molecular complexity index is 248. The lowest BCUT2D eigenvalue weighted by Gasteiger charge is -2.05. The van der Waals surface area contributed by atoms with Gasteiger partial charge in [-0.15, -0.1) is 0 Å². The molecule has 0 aliphatic heterocycles. The van der Waals surface area contributed by atoms with Crippen molar-refractivity contribution < 1.29 is 6.90 Å². The standard InChI is InChI=1S/C20H40N2.H2O.H2/c1-2-21-19-22-18-14-12-10-8-6-4-3-5-7-9-11-13-15-20-16-17-20;;/h2,20-22H,1,3-19H2;1H2;1H. The minimum Gasteiger partial charge on any atom is -0.412 e. The summed E-state index contributed by atoms with van der Waals surface area (Å²) >= 11 is 0. The van der Waals surface area contributed by atoms with Crippen molar-refractivity contribution in [2.45, 2.75) is 96.3 Å². The molecule has 0 atom stereocenters. The lowest BCUT2D eigenvalue weighted by Crippen LogP contribution is -2.25. The smallest absolute Gasteiger partial charge is 0.0647 e. The summed E-state index contributed by atoms with van der Waals surface area (Å²) < 4.78 is 0. The average Bonchev–Trinajstić information content (AvgIpc) is 3.34. The summed E-state index contributed by atoms with van der Waals surface area (Å²) in [7, 11) is 0. The summed E-state index contributed by atoms with van der Waals surface area (Å²) in [5.74, 6) is 1.14. The van der Waals surface area contributed by atoms with Gasteiger partial charge in [-0.05, 0) is 25.1 Å². The van der Waals surface area contributed by atoms with Crippen LogP contribution in [0.3, 0.4) is 0 Å². The molecule has 1 fully saturated rings. The molecule has 0 aromatic heterocycles. The van der Waals surface area contributed by atoms with Crippen LogP contribution in [-0.2, 0) is 0 Å². The molecular weight excluding hydrogens is 284 g/mol. The van der Waals surface area contributed by atoms with Crippen molar-refractivity contribution in [2.75, 3.05) is 13.2 Å². The molecule has 1 rings (SSSR count). The molecule has 0 radical (unpaired) electrons. The third kappa shape index (κ3) is 17.6. The summed E-state index contributed by atoms with van der Waals surface area (Å²) in [4.78, 5) is 0. The van der Waals surface area contributed by atoms with E-state index in [2.05, 4.69) is 17.2 Å². The Morgan fingerprint density at radius 2 is 1.26 bits per heavy atom. The summed E-state index contributed by atoms with van der Waals surface area (Å²) in [6, 6.07) is 0. The van der Waals surface area contributed by atoms with Crippen molar-refractivity contribution in [3.63, 3.8) is 0 Å². The summed E-state index contributed by atoms with van der Waals surface area (Å²) in [6.45, 7) is 5.60. The highest BCUT2D eigenvalue weighted by atomic mass is 16.0. The molecule has 0 aromatic carbocycles. The maximum absolute atomic E-state index is 3.63. The first-order chi connectivity index (χ1) is 10.9. The van der Waals surface area contributed by atoms with Crippen LogP contribution < -0.4 is 10.6 Å². The Balaban J connectivity index is 0. The molecule has 0 heterocycles. The van der Waals surface area contributed by atoms with Gasteiger partial charge in [-0.2, -0.15) is 0 Å². The van der Waals surface area contributed by atoms with Crippen molar-refractivity contribution in [3.05, 3.63) is 12.8 Å². The number of hydrogen-bond acceptors (Lipinski definition) is 2. The lowest BCUT2D eigenvalue weighted by atomic mass is 10.0. The summed E-state index contributed by atoms with van der Waals surface area (Å²) in [5.41, 5.74) is 0. The van der Waals surface area contributed by atoms with Crippen molar-refractivity contribution >= 4 is 0 Å². The van der Waals surface area contributed by atoms with Gasteiger partial charge < -0.3 is 16.1 Å². The molecule has 0 spiro atoms. The predicted octanol–water partition coefficient (Wildman–Crippen LogP) is 5.17. The zero-order valence-electron chi connectivity index (χ0n) is 15.4. The van der Waals surface area contributed by atoms with Crippen molar-refractivity contribution in [3.8, 4) is 0 Å². The molecule has 23 heavy (non-hydrogen) atoms. The molecule has 3 nitrogen and oxygen atoms in total. The van der Waals surface area contributed by atoms with Gasteiger partial charge in [-0.25, -0.2) is 0 Å². The molecule has 0 saturated heterocycles. The summed E-state index contributed by atoms with van der Waals surface area (Å²) in [6.07, 6.45) is 23.7. The van der Waals surface area contributed by atoms with Crippen molar-refractivity contribution in [2.24, 2.45) is 5.92 Å². The molecule has 0 amide bonds. The number of rotatable bonds is 18. The fraction of sp³-hybridized carbons (Fsp3) is 0.900. The molecule has 0 aromatic rings. The monoisotopic (exact) mass is 328 g/mol. The molecule has 1 aliphatic rings. The van der Waals surface area contributed by atoms with Crippen LogP contribution >= 0.6 is 0 Å². The largest absolute Gasteiger partial charge is 0.412 e. The van der Waals surface area contributed by atoms with Gasteiger partial charge >= 0.3 is 0 Å². The first-order valence-electron chi connectivity index (χ1n) is 9.98. The van der Waals surface area contributed by atoms with E-state index in [4.69, 9.17) is 0 Å². The minimum atomic E-state index is 0. The Morgan fingerprint density at radius 1 is 0.783 bits per heavy atom. The van der Waals surface area contributed by atoms with E-state index >= 15 is 0 Å². The van der Waals surface area contributed by atoms with E-state index in [0.29, 0.717) is 0 Å². The molecule has 140 valence electrons. The van der Waals surface area contributed by atoms with Crippen LogP contribution in [0.4, 0.5) is 0 Å². The highest BCUT2D eigenvalue weighted by molar-refractivity contribution is 4.72. The Hall–Kier alpha value is -0.540. The maximum atomic E-state index is 3.63. The predicted molar refractivity (Wildman–Crippen MR) is 105 cm³/mol. The maximum Gasteiger partial charge on any atom is 0.0647 e. The molecule has 1 aliphatic carbocycles. The van der Waals surface area contributed by atoms with E-state index in [1.165, 1.54) is 96.3 Å². The van der Waals surface area contributed by atoms with Gasteiger partial charge in [0.05, 0.1) is 6.67 Å². The van der Waals surface area contributed by atoms with Gasteiger partial charge in [-0.3, -0.25) is 0 Å². The second kappa shape index (κ2) is 17.8. The first kappa shape index (κ1) is 22.5. The molecule has 1 saturated carbocycles. The normalized spacial score (nSPS) is 13.6. The van der Waals surface area contributed by atoms with Crippen molar-refractivity contribution in [1.82, 2.24) is 10.6 Å². The Labute approximate surface area is 146 Å². The number of unbranched alkanes of at least 4 members (excludes halogenated alkanes) is 11. The molecular formula is C20H44N2O. The van der Waals surface area contributed by atoms with Gasteiger partial charge in [0, 0.05) is 1.43 Å². The third-order valence-corrected chi connectivity index (χ3v) is 4.78. The minimum absolute atomic E-state index is 0. The topological polar surface area (TPSA) is 55.6 Å². The van der Waals surface area contributed by atoms with Gasteiger partial charge in [0.15, 0.2) is 0 Å². The van der Waals surface area contributed by atoms with Crippen LogP contribution in [0.25, 0.3) is 0 Å². The number of hydrogen-bond donors (Lipinski definition) is 2. The second-order valence-electron chi connectivity index (χ2n) is 7.06. The molecule has 4 N–H and O–H groups in total. The van der Waals surface area contributed by atoms with E-state index in [9.17, 15) is 0 Å². The van der Waals surface area contributed by atoms with E-state index in [0.717, 1.165) is 19.1 Å². The van der Waals surface area contributed by atoms with E-state index in [-0.39, 0.29) is 6.90 Å². The van der Waals surface area contributed by atoms with Gasteiger partial charge in [-0.1, -0.05) is 96.5 Å². The quantitative estimate of drug-likeness (QED) is 0.269. The molecule has 0 bridgehead atoms. The van der Waals surface area contributed by atoms with Crippen LogP contribution in [-0.4, -0.2) is 18.7 Å². The fourth-order valence-electron chi connectivity index (χ4n) is 3.09. The van der Waals surface area contributed by atoms with Crippen LogP contribution in [0.15, 0.2) is 12.8 Å². The van der Waals surface area contributed by atoms with Gasteiger partial charge in [0.2, 0.25) is 0 Å². The Kier molecular flexibility index (Phi) is 17.4. The third-order valence-electron chi connectivity index (χ3n) is 4.78. The van der Waals surface area contributed by atoms with E-state index in [1.54, 1.807) is 6.20 Å². The zero-order valence-corrected chi connectivity index (χ0v) is 15.4. The second-order valence-corrected chi connectivity index (χ2v) is 7.06. The highest BCUT2D eigenvalue weighted by Crippen LogP contribution is 2.34. The zero-order chi connectivity index (χ0) is 15.7. The lowest BCUT2D eigenvalue weighted by molar-refractivity contribution is 0.524. The van der Waals surface area contributed by atoms with Crippen LogP contribution in [0.5, 0.6) is 0 Å². The Morgan fingerprint density at radius 3 is 1.74 bits per heavy atom. The van der Waals surface area contributed by atoms with E-state index < -0.39 is 0 Å². The SMILES string of the molecule is C=CNCNCCCCCCCCCCCCCCC1CC1.O.[HH]. The summed E-state index contributed by atoms with van der Waals surface area (Å²) in [5, 5.41) is 6.41. The van der Waals surface area contributed by atoms with Crippen LogP contribution in [0.1, 0.15) is 97.7 Å². The van der Waals surface area contributed by atoms with Gasteiger partial charge in [0.1, 0.15) is 0 Å². The highest BCUT2D eigenvalue weighted by Gasteiger charge is 2.19. The van der Waals surface area contributed by atoms with E-state index in [1.807, 2.05) is 0 Å².